The van der Waals surface area contributed by atoms with Crippen LogP contribution in [0.1, 0.15) is 20.3 Å². The van der Waals surface area contributed by atoms with Crippen molar-refractivity contribution in [3.8, 4) is 0 Å². The fourth-order valence-corrected chi connectivity index (χ4v) is 1.64. The maximum atomic E-state index is 4.24. The van der Waals surface area contributed by atoms with Crippen molar-refractivity contribution in [2.24, 2.45) is 16.8 Å². The summed E-state index contributed by atoms with van der Waals surface area (Å²) in [5, 5.41) is 0. The van der Waals surface area contributed by atoms with Gasteiger partial charge in [-0.05, 0) is 19.3 Å². The molecular formula is C11H17N. The highest BCUT2D eigenvalue weighted by Gasteiger charge is 2.18. The molecule has 0 aromatic rings. The number of allylic oxidation sites excluding steroid dienone is 4. The van der Waals surface area contributed by atoms with E-state index in [0.29, 0.717) is 11.8 Å². The van der Waals surface area contributed by atoms with Gasteiger partial charge in [0, 0.05) is 18.7 Å². The van der Waals surface area contributed by atoms with Crippen molar-refractivity contribution in [1.82, 2.24) is 0 Å². The molecule has 0 radical (unpaired) electrons. The highest BCUT2D eigenvalue weighted by molar-refractivity contribution is 5.86. The summed E-state index contributed by atoms with van der Waals surface area (Å²) in [5.74, 6) is 1.18. The lowest BCUT2D eigenvalue weighted by Gasteiger charge is -2.22. The van der Waals surface area contributed by atoms with Gasteiger partial charge in [0.1, 0.15) is 0 Å². The third kappa shape index (κ3) is 1.84. The van der Waals surface area contributed by atoms with Gasteiger partial charge in [-0.3, -0.25) is 4.99 Å². The number of nitrogens with zero attached hydrogens (tertiary/aromatic N) is 1. The molecule has 1 aliphatic rings. The average molecular weight is 163 g/mol. The Balaban J connectivity index is 2.75. The molecule has 0 aliphatic heterocycles. The standard InChI is InChI=1S/C11H17N/c1-4-10-7-5-6-8-11(10)9(2)12-3/h5-8,10-11H,4H2,1-3H3. The van der Waals surface area contributed by atoms with E-state index in [9.17, 15) is 0 Å². The zero-order valence-corrected chi connectivity index (χ0v) is 8.12. The van der Waals surface area contributed by atoms with Crippen LogP contribution in [0.2, 0.25) is 0 Å². The molecular weight excluding hydrogens is 146 g/mol. The summed E-state index contributed by atoms with van der Waals surface area (Å²) >= 11 is 0. The lowest BCUT2D eigenvalue weighted by molar-refractivity contribution is 0.555. The minimum absolute atomic E-state index is 0.532. The van der Waals surface area contributed by atoms with Gasteiger partial charge in [0.05, 0.1) is 0 Å². The third-order valence-electron chi connectivity index (χ3n) is 2.56. The van der Waals surface area contributed by atoms with Gasteiger partial charge in [-0.25, -0.2) is 0 Å². The van der Waals surface area contributed by atoms with Gasteiger partial charge in [-0.15, -0.1) is 0 Å². The second-order valence-corrected chi connectivity index (χ2v) is 3.23. The van der Waals surface area contributed by atoms with Gasteiger partial charge in [0.2, 0.25) is 0 Å². The SMILES string of the molecule is CCC1C=CC=CC1C(C)=NC. The van der Waals surface area contributed by atoms with Crippen molar-refractivity contribution >= 4 is 5.71 Å². The molecule has 0 fully saturated rings. The van der Waals surface area contributed by atoms with Crippen LogP contribution in [0.5, 0.6) is 0 Å². The largest absolute Gasteiger partial charge is 0.297 e. The lowest BCUT2D eigenvalue weighted by atomic mass is 9.83. The number of hydrogen-bond acceptors (Lipinski definition) is 1. The molecule has 0 saturated carbocycles. The first-order chi connectivity index (χ1) is 5.79. The van der Waals surface area contributed by atoms with Gasteiger partial charge >= 0.3 is 0 Å². The maximum Gasteiger partial charge on any atom is 0.0276 e. The maximum absolute atomic E-state index is 4.24. The van der Waals surface area contributed by atoms with Gasteiger partial charge < -0.3 is 0 Å². The summed E-state index contributed by atoms with van der Waals surface area (Å²) < 4.78 is 0. The van der Waals surface area contributed by atoms with E-state index in [-0.39, 0.29) is 0 Å². The fourth-order valence-electron chi connectivity index (χ4n) is 1.64. The fraction of sp³-hybridized carbons (Fsp3) is 0.545. The van der Waals surface area contributed by atoms with Crippen LogP contribution in [-0.4, -0.2) is 12.8 Å². The first-order valence-corrected chi connectivity index (χ1v) is 4.57. The molecule has 1 aliphatic carbocycles. The molecule has 0 aromatic heterocycles. The number of rotatable bonds is 2. The van der Waals surface area contributed by atoms with E-state index >= 15 is 0 Å². The van der Waals surface area contributed by atoms with Crippen molar-refractivity contribution in [2.45, 2.75) is 20.3 Å². The quantitative estimate of drug-likeness (QED) is 0.555. The smallest absolute Gasteiger partial charge is 0.0276 e. The predicted molar refractivity (Wildman–Crippen MR) is 54.6 cm³/mol. The minimum Gasteiger partial charge on any atom is -0.297 e. The molecule has 0 saturated heterocycles. The van der Waals surface area contributed by atoms with Crippen LogP contribution in [0.4, 0.5) is 0 Å². The second kappa shape index (κ2) is 4.24. The zero-order valence-electron chi connectivity index (χ0n) is 8.12. The van der Waals surface area contributed by atoms with E-state index in [0.717, 1.165) is 0 Å². The summed E-state index contributed by atoms with van der Waals surface area (Å²) in [6.45, 7) is 4.33. The first-order valence-electron chi connectivity index (χ1n) is 4.57. The Hall–Kier alpha value is -0.850. The number of aliphatic imine (C=N–C) groups is 1. The molecule has 0 N–H and O–H groups in total. The second-order valence-electron chi connectivity index (χ2n) is 3.23. The Kier molecular flexibility index (Phi) is 3.27. The van der Waals surface area contributed by atoms with Crippen LogP contribution in [0.3, 0.4) is 0 Å². The topological polar surface area (TPSA) is 12.4 Å². The number of hydrogen-bond donors (Lipinski definition) is 0. The van der Waals surface area contributed by atoms with Crippen LogP contribution in [-0.2, 0) is 0 Å². The van der Waals surface area contributed by atoms with E-state index in [4.69, 9.17) is 0 Å². The molecule has 1 heteroatoms. The molecule has 0 aromatic carbocycles. The van der Waals surface area contributed by atoms with Crippen LogP contribution in [0, 0.1) is 11.8 Å². The van der Waals surface area contributed by atoms with E-state index in [1.165, 1.54) is 12.1 Å². The molecule has 2 unspecified atom stereocenters. The molecule has 1 nitrogen and oxygen atoms in total. The van der Waals surface area contributed by atoms with Crippen molar-refractivity contribution < 1.29 is 0 Å². The Morgan fingerprint density at radius 3 is 2.58 bits per heavy atom. The van der Waals surface area contributed by atoms with Crippen molar-refractivity contribution in [3.05, 3.63) is 24.3 Å². The van der Waals surface area contributed by atoms with Gasteiger partial charge in [-0.1, -0.05) is 31.2 Å². The Bertz CT molecular complexity index is 223. The van der Waals surface area contributed by atoms with E-state index in [2.05, 4.69) is 43.1 Å². The normalized spacial score (nSPS) is 29.4. The molecule has 0 amide bonds. The molecule has 2 atom stereocenters. The van der Waals surface area contributed by atoms with E-state index < -0.39 is 0 Å². The first kappa shape index (κ1) is 9.24. The molecule has 1 rings (SSSR count). The minimum atomic E-state index is 0.532. The Morgan fingerprint density at radius 1 is 1.33 bits per heavy atom. The van der Waals surface area contributed by atoms with E-state index in [1.54, 1.807) is 0 Å². The van der Waals surface area contributed by atoms with Gasteiger partial charge in [0.15, 0.2) is 0 Å². The summed E-state index contributed by atoms with van der Waals surface area (Å²) in [6, 6.07) is 0. The summed E-state index contributed by atoms with van der Waals surface area (Å²) in [5.41, 5.74) is 1.24. The molecule has 12 heavy (non-hydrogen) atoms. The zero-order chi connectivity index (χ0) is 8.97. The third-order valence-corrected chi connectivity index (χ3v) is 2.56. The van der Waals surface area contributed by atoms with Gasteiger partial charge in [-0.2, -0.15) is 0 Å². The van der Waals surface area contributed by atoms with Crippen LogP contribution in [0.25, 0.3) is 0 Å². The highest BCUT2D eigenvalue weighted by atomic mass is 14.7. The van der Waals surface area contributed by atoms with Crippen molar-refractivity contribution in [3.63, 3.8) is 0 Å². The molecule has 66 valence electrons. The summed E-state index contributed by atoms with van der Waals surface area (Å²) in [7, 11) is 1.87. The van der Waals surface area contributed by atoms with E-state index in [1.807, 2.05) is 7.05 Å². The van der Waals surface area contributed by atoms with Crippen molar-refractivity contribution in [2.75, 3.05) is 7.05 Å². The van der Waals surface area contributed by atoms with Crippen molar-refractivity contribution in [1.29, 1.82) is 0 Å². The summed E-state index contributed by atoms with van der Waals surface area (Å²) in [4.78, 5) is 4.24. The molecule has 0 bridgehead atoms. The lowest BCUT2D eigenvalue weighted by Crippen LogP contribution is -2.19. The highest BCUT2D eigenvalue weighted by Crippen LogP contribution is 2.23. The molecule has 0 heterocycles. The van der Waals surface area contributed by atoms with Crippen LogP contribution < -0.4 is 0 Å². The predicted octanol–water partition coefficient (Wildman–Crippen LogP) is 2.85. The Labute approximate surface area is 74.9 Å². The summed E-state index contributed by atoms with van der Waals surface area (Å²) in [6.07, 6.45) is 9.97. The Morgan fingerprint density at radius 2 is 2.00 bits per heavy atom. The van der Waals surface area contributed by atoms with Crippen LogP contribution >= 0.6 is 0 Å². The van der Waals surface area contributed by atoms with Crippen LogP contribution in [0.15, 0.2) is 29.3 Å². The monoisotopic (exact) mass is 163 g/mol. The van der Waals surface area contributed by atoms with Gasteiger partial charge in [0.25, 0.3) is 0 Å². The molecule has 0 spiro atoms. The average Bonchev–Trinajstić information content (AvgIpc) is 2.16.